The number of benzene rings is 2. The van der Waals surface area contributed by atoms with Crippen molar-refractivity contribution in [1.29, 1.82) is 0 Å². The monoisotopic (exact) mass is 518 g/mol. The van der Waals surface area contributed by atoms with Gasteiger partial charge in [-0.2, -0.15) is 0 Å². The Bertz CT molecular complexity index is 1660. The summed E-state index contributed by atoms with van der Waals surface area (Å²) in [6.45, 7) is 1.91. The van der Waals surface area contributed by atoms with Crippen LogP contribution < -0.4 is 15.0 Å². The molecule has 6 rings (SSSR count). The molecule has 0 bridgehead atoms. The number of fused-ring (bicyclic) bond motifs is 2. The first-order valence-electron chi connectivity index (χ1n) is 12.0. The van der Waals surface area contributed by atoms with E-state index in [0.717, 1.165) is 22.3 Å². The number of hydrogen-bond acceptors (Lipinski definition) is 9. The Kier molecular flexibility index (Phi) is 5.75. The van der Waals surface area contributed by atoms with Crippen LogP contribution in [0.1, 0.15) is 12.0 Å². The summed E-state index contributed by atoms with van der Waals surface area (Å²) in [6.07, 6.45) is 1.77. The molecule has 0 saturated carbocycles. The number of aliphatic hydroxyl groups is 1. The summed E-state index contributed by atoms with van der Waals surface area (Å²) in [4.78, 5) is 23.3. The van der Waals surface area contributed by atoms with Gasteiger partial charge in [-0.05, 0) is 42.8 Å². The molecule has 0 spiro atoms. The van der Waals surface area contributed by atoms with Crippen molar-refractivity contribution in [3.63, 3.8) is 0 Å². The number of imidazole rings is 1. The number of hydrogen-bond donors (Lipinski definition) is 2. The summed E-state index contributed by atoms with van der Waals surface area (Å²) in [5.74, 6) is 2.06. The van der Waals surface area contributed by atoms with Gasteiger partial charge in [-0.3, -0.25) is 0 Å². The molecule has 1 saturated heterocycles. The van der Waals surface area contributed by atoms with E-state index in [1.54, 1.807) is 11.2 Å². The second-order valence-corrected chi connectivity index (χ2v) is 9.42. The van der Waals surface area contributed by atoms with Crippen LogP contribution in [-0.2, 0) is 7.05 Å². The fraction of sp³-hybridized carbons (Fsp3) is 0.269. The van der Waals surface area contributed by atoms with Crippen molar-refractivity contribution in [3.05, 3.63) is 60.8 Å². The average Bonchev–Trinajstić information content (AvgIpc) is 3.49. The number of halogens is 2. The Morgan fingerprint density at radius 2 is 1.95 bits per heavy atom. The van der Waals surface area contributed by atoms with E-state index in [0.29, 0.717) is 28.4 Å². The van der Waals surface area contributed by atoms with E-state index in [4.69, 9.17) is 4.74 Å². The minimum absolute atomic E-state index is 0.0636. The lowest BCUT2D eigenvalue weighted by Gasteiger charge is -2.22. The number of ether oxygens (including phenoxy) is 1. The van der Waals surface area contributed by atoms with Crippen LogP contribution in [0.2, 0.25) is 0 Å². The highest BCUT2D eigenvalue weighted by Crippen LogP contribution is 2.33. The van der Waals surface area contributed by atoms with Gasteiger partial charge in [0.05, 0.1) is 30.1 Å². The van der Waals surface area contributed by atoms with Gasteiger partial charge >= 0.3 is 0 Å². The van der Waals surface area contributed by atoms with E-state index in [-0.39, 0.29) is 25.5 Å². The van der Waals surface area contributed by atoms with Crippen LogP contribution in [0.15, 0.2) is 55.2 Å². The third kappa shape index (κ3) is 4.32. The van der Waals surface area contributed by atoms with Gasteiger partial charge in [0.2, 0.25) is 5.95 Å². The molecule has 0 amide bonds. The van der Waals surface area contributed by atoms with Gasteiger partial charge in [-0.1, -0.05) is 0 Å². The van der Waals surface area contributed by atoms with Crippen LogP contribution in [0.4, 0.5) is 26.2 Å². The third-order valence-electron chi connectivity index (χ3n) is 6.70. The van der Waals surface area contributed by atoms with Gasteiger partial charge in [-0.15, -0.1) is 0 Å². The lowest BCUT2D eigenvalue weighted by Crippen LogP contribution is -2.40. The molecule has 0 unspecified atom stereocenters. The molecule has 194 valence electrons. The molecule has 10 nitrogen and oxygen atoms in total. The van der Waals surface area contributed by atoms with E-state index < -0.39 is 12.0 Å². The highest BCUT2D eigenvalue weighted by molar-refractivity contribution is 5.87. The summed E-state index contributed by atoms with van der Waals surface area (Å²) >= 11 is 0. The van der Waals surface area contributed by atoms with Gasteiger partial charge in [0.1, 0.15) is 34.5 Å². The van der Waals surface area contributed by atoms with Crippen LogP contribution in [0.25, 0.3) is 22.1 Å². The second kappa shape index (κ2) is 9.14. The molecule has 1 fully saturated rings. The zero-order chi connectivity index (χ0) is 26.4. The lowest BCUT2D eigenvalue weighted by molar-refractivity contribution is -0.0801. The number of nitrogens with one attached hydrogen (secondary N) is 1. The summed E-state index contributed by atoms with van der Waals surface area (Å²) in [5.41, 5.74) is 2.38. The predicted octanol–water partition coefficient (Wildman–Crippen LogP) is 4.36. The van der Waals surface area contributed by atoms with Gasteiger partial charge < -0.3 is 24.6 Å². The molecule has 0 radical (unpaired) electrons. The van der Waals surface area contributed by atoms with Crippen molar-refractivity contribution in [2.24, 2.45) is 7.05 Å². The number of rotatable bonds is 6. The van der Waals surface area contributed by atoms with Crippen molar-refractivity contribution >= 4 is 39.5 Å². The molecular weight excluding hydrogens is 494 g/mol. The standard InChI is InChI=1S/C26H24F2N8O2/c1-15-9-16(3-6-21(15)38-17-4-5-20-18(10-17)32-14-35(20)2)33-23-22-19(30-13-31-23)11-29-25(34-22)36-8-7-26(37,12-36)24(27)28/h3-6,9-11,13-14,24,37H,7-8,12H2,1-2H3,(H,30,31,33)/t26-/m0/s1. The van der Waals surface area contributed by atoms with Gasteiger partial charge in [0, 0.05) is 31.8 Å². The maximum atomic E-state index is 13.3. The predicted molar refractivity (Wildman–Crippen MR) is 138 cm³/mol. The molecule has 4 heterocycles. The van der Waals surface area contributed by atoms with E-state index >= 15 is 0 Å². The van der Waals surface area contributed by atoms with E-state index in [1.165, 1.54) is 12.5 Å². The Balaban J connectivity index is 1.24. The quantitative estimate of drug-likeness (QED) is 0.338. The smallest absolute Gasteiger partial charge is 0.268 e. The fourth-order valence-corrected chi connectivity index (χ4v) is 4.54. The Morgan fingerprint density at radius 3 is 2.74 bits per heavy atom. The van der Waals surface area contributed by atoms with E-state index in [1.807, 2.05) is 54.9 Å². The van der Waals surface area contributed by atoms with E-state index in [2.05, 4.69) is 30.2 Å². The topological polar surface area (TPSA) is 114 Å². The zero-order valence-corrected chi connectivity index (χ0v) is 20.6. The van der Waals surface area contributed by atoms with Gasteiger partial charge in [-0.25, -0.2) is 33.7 Å². The minimum Gasteiger partial charge on any atom is -0.457 e. The molecular formula is C26H24F2N8O2. The normalized spacial score (nSPS) is 17.6. The van der Waals surface area contributed by atoms with Crippen LogP contribution in [0.3, 0.4) is 0 Å². The number of anilines is 3. The molecule has 38 heavy (non-hydrogen) atoms. The minimum atomic E-state index is -2.85. The molecule has 12 heteroatoms. The maximum absolute atomic E-state index is 13.3. The molecule has 0 aliphatic carbocycles. The summed E-state index contributed by atoms with van der Waals surface area (Å²) < 4.78 is 34.6. The summed E-state index contributed by atoms with van der Waals surface area (Å²) in [5, 5.41) is 13.4. The first-order valence-corrected chi connectivity index (χ1v) is 12.0. The second-order valence-electron chi connectivity index (χ2n) is 9.42. The van der Waals surface area contributed by atoms with Crippen LogP contribution >= 0.6 is 0 Å². The van der Waals surface area contributed by atoms with Crippen LogP contribution in [-0.4, -0.2) is 59.7 Å². The number of nitrogens with zero attached hydrogens (tertiary/aromatic N) is 7. The van der Waals surface area contributed by atoms with Crippen LogP contribution in [0, 0.1) is 6.92 Å². The van der Waals surface area contributed by atoms with Crippen molar-refractivity contribution in [1.82, 2.24) is 29.5 Å². The number of aryl methyl sites for hydroxylation is 2. The SMILES string of the molecule is Cc1cc(Nc2ncnc3cnc(N4CC[C@@](O)(C(F)F)C4)nc23)ccc1Oc1ccc2c(c1)ncn2C. The Hall–Kier alpha value is -4.45. The number of β-amino-alcohol motifs (C(OH)–C–C–N with tert-alkyl or cyclic N) is 1. The fourth-order valence-electron chi connectivity index (χ4n) is 4.54. The van der Waals surface area contributed by atoms with Gasteiger partial charge in [0.25, 0.3) is 6.43 Å². The number of aromatic nitrogens is 6. The Labute approximate surface area is 216 Å². The molecule has 1 atom stereocenters. The van der Waals surface area contributed by atoms with Crippen LogP contribution in [0.5, 0.6) is 11.5 Å². The van der Waals surface area contributed by atoms with E-state index in [9.17, 15) is 13.9 Å². The number of alkyl halides is 2. The van der Waals surface area contributed by atoms with Crippen molar-refractivity contribution < 1.29 is 18.6 Å². The summed E-state index contributed by atoms with van der Waals surface area (Å²) in [7, 11) is 1.94. The first kappa shape index (κ1) is 23.9. The van der Waals surface area contributed by atoms with Crippen molar-refractivity contribution in [2.45, 2.75) is 25.4 Å². The molecule has 1 aliphatic heterocycles. The Morgan fingerprint density at radius 1 is 1.08 bits per heavy atom. The summed E-state index contributed by atoms with van der Waals surface area (Å²) in [6, 6.07) is 11.4. The highest BCUT2D eigenvalue weighted by Gasteiger charge is 2.45. The molecule has 2 aromatic carbocycles. The maximum Gasteiger partial charge on any atom is 0.268 e. The molecule has 5 aromatic rings. The molecule has 2 N–H and O–H groups in total. The van der Waals surface area contributed by atoms with Gasteiger partial charge in [0.15, 0.2) is 5.82 Å². The molecule has 1 aliphatic rings. The average molecular weight is 519 g/mol. The third-order valence-corrected chi connectivity index (χ3v) is 6.70. The van der Waals surface area contributed by atoms with Crippen molar-refractivity contribution in [3.8, 4) is 11.5 Å². The zero-order valence-electron chi connectivity index (χ0n) is 20.6. The largest absolute Gasteiger partial charge is 0.457 e. The first-order chi connectivity index (χ1) is 18.3. The lowest BCUT2D eigenvalue weighted by atomic mass is 10.1. The highest BCUT2D eigenvalue weighted by atomic mass is 19.3. The van der Waals surface area contributed by atoms with Crippen molar-refractivity contribution in [2.75, 3.05) is 23.3 Å². The molecule has 3 aromatic heterocycles.